The SMILES string of the molecule is CC(C1=CCCC=C1)N1Cc2cc(C(=N)N3CCOCC3)c(N)cc2NC1=O. The van der Waals surface area contributed by atoms with Gasteiger partial charge in [0.05, 0.1) is 25.8 Å². The molecule has 1 aliphatic carbocycles. The number of carbonyl (C=O) groups excluding carboxylic acids is 1. The minimum Gasteiger partial charge on any atom is -0.398 e. The zero-order chi connectivity index (χ0) is 19.7. The van der Waals surface area contributed by atoms with Gasteiger partial charge in [-0.25, -0.2) is 4.79 Å². The highest BCUT2D eigenvalue weighted by atomic mass is 16.5. The minimum absolute atomic E-state index is 0.00982. The Morgan fingerprint density at radius 3 is 2.79 bits per heavy atom. The Labute approximate surface area is 165 Å². The molecule has 1 unspecified atom stereocenters. The van der Waals surface area contributed by atoms with E-state index >= 15 is 0 Å². The maximum atomic E-state index is 12.7. The molecule has 2 heterocycles. The highest BCUT2D eigenvalue weighted by Crippen LogP contribution is 2.31. The van der Waals surface area contributed by atoms with Crippen LogP contribution < -0.4 is 11.1 Å². The number of allylic oxidation sites excluding steroid dienone is 2. The van der Waals surface area contributed by atoms with E-state index in [0.717, 1.165) is 24.1 Å². The number of anilines is 2. The molecular formula is C21H27N5O2. The van der Waals surface area contributed by atoms with Gasteiger partial charge in [0, 0.05) is 30.0 Å². The van der Waals surface area contributed by atoms with Gasteiger partial charge in [0.25, 0.3) is 0 Å². The molecule has 0 radical (unpaired) electrons. The molecule has 148 valence electrons. The van der Waals surface area contributed by atoms with Crippen LogP contribution in [0.3, 0.4) is 0 Å². The average Bonchev–Trinajstić information content (AvgIpc) is 2.73. The minimum atomic E-state index is -0.115. The summed E-state index contributed by atoms with van der Waals surface area (Å²) in [5.41, 5.74) is 10.3. The van der Waals surface area contributed by atoms with Crippen molar-refractivity contribution in [2.24, 2.45) is 0 Å². The van der Waals surface area contributed by atoms with Crippen molar-refractivity contribution in [3.8, 4) is 0 Å². The van der Waals surface area contributed by atoms with Crippen molar-refractivity contribution in [2.45, 2.75) is 32.4 Å². The first-order chi connectivity index (χ1) is 13.5. The highest BCUT2D eigenvalue weighted by molar-refractivity contribution is 6.03. The fraction of sp³-hybridized carbons (Fsp3) is 0.429. The molecule has 7 heteroatoms. The lowest BCUT2D eigenvalue weighted by Crippen LogP contribution is -2.45. The van der Waals surface area contributed by atoms with Gasteiger partial charge in [-0.3, -0.25) is 5.41 Å². The molecule has 0 saturated carbocycles. The van der Waals surface area contributed by atoms with Gasteiger partial charge in [0.1, 0.15) is 5.84 Å². The Hall–Kier alpha value is -2.80. The molecule has 0 aromatic heterocycles. The molecule has 1 aromatic rings. The summed E-state index contributed by atoms with van der Waals surface area (Å²) < 4.78 is 5.38. The molecule has 7 nitrogen and oxygen atoms in total. The number of amides is 2. The number of ether oxygens (including phenoxy) is 1. The number of benzene rings is 1. The Morgan fingerprint density at radius 2 is 2.07 bits per heavy atom. The summed E-state index contributed by atoms with van der Waals surface area (Å²) in [4.78, 5) is 16.5. The lowest BCUT2D eigenvalue weighted by Gasteiger charge is -2.36. The number of urea groups is 1. The Balaban J connectivity index is 1.59. The van der Waals surface area contributed by atoms with E-state index in [9.17, 15) is 4.79 Å². The molecule has 0 spiro atoms. The van der Waals surface area contributed by atoms with Gasteiger partial charge >= 0.3 is 6.03 Å². The second-order valence-corrected chi connectivity index (χ2v) is 7.46. The van der Waals surface area contributed by atoms with Crippen LogP contribution in [0, 0.1) is 5.41 Å². The molecule has 1 fully saturated rings. The topological polar surface area (TPSA) is 94.7 Å². The number of nitrogens with one attached hydrogen (secondary N) is 2. The lowest BCUT2D eigenvalue weighted by molar-refractivity contribution is 0.0680. The second-order valence-electron chi connectivity index (χ2n) is 7.46. The van der Waals surface area contributed by atoms with Gasteiger partial charge in [-0.05, 0) is 43.0 Å². The van der Waals surface area contributed by atoms with Crippen molar-refractivity contribution < 1.29 is 9.53 Å². The number of hydrogen-bond acceptors (Lipinski definition) is 4. The van der Waals surface area contributed by atoms with E-state index in [1.165, 1.54) is 5.57 Å². The summed E-state index contributed by atoms with van der Waals surface area (Å²) in [5.74, 6) is 0.415. The number of carbonyl (C=O) groups is 1. The highest BCUT2D eigenvalue weighted by Gasteiger charge is 2.29. The van der Waals surface area contributed by atoms with E-state index in [2.05, 4.69) is 30.5 Å². The smallest absolute Gasteiger partial charge is 0.322 e. The van der Waals surface area contributed by atoms with Crippen LogP contribution in [0.2, 0.25) is 0 Å². The van der Waals surface area contributed by atoms with Crippen molar-refractivity contribution in [2.75, 3.05) is 37.4 Å². The van der Waals surface area contributed by atoms with Gasteiger partial charge in [0.2, 0.25) is 0 Å². The van der Waals surface area contributed by atoms with Crippen LogP contribution >= 0.6 is 0 Å². The first-order valence-corrected chi connectivity index (χ1v) is 9.83. The summed E-state index contributed by atoms with van der Waals surface area (Å²) in [6, 6.07) is 3.60. The fourth-order valence-electron chi connectivity index (χ4n) is 3.95. The third-order valence-corrected chi connectivity index (χ3v) is 5.67. The average molecular weight is 381 g/mol. The Morgan fingerprint density at radius 1 is 1.29 bits per heavy atom. The van der Waals surface area contributed by atoms with Gasteiger partial charge in [0.15, 0.2) is 0 Å². The molecule has 3 aliphatic rings. The van der Waals surface area contributed by atoms with Gasteiger partial charge in [-0.15, -0.1) is 0 Å². The van der Waals surface area contributed by atoms with E-state index in [1.54, 1.807) is 6.07 Å². The van der Waals surface area contributed by atoms with Crippen LogP contribution in [0.15, 0.2) is 35.9 Å². The quantitative estimate of drug-likeness (QED) is 0.426. The number of nitrogens with zero attached hydrogens (tertiary/aromatic N) is 2. The van der Waals surface area contributed by atoms with Crippen LogP contribution in [0.4, 0.5) is 16.2 Å². The van der Waals surface area contributed by atoms with Crippen LogP contribution in [0.1, 0.15) is 30.9 Å². The fourth-order valence-corrected chi connectivity index (χ4v) is 3.95. The molecule has 1 atom stereocenters. The number of hydrogen-bond donors (Lipinski definition) is 3. The third-order valence-electron chi connectivity index (χ3n) is 5.67. The third kappa shape index (κ3) is 3.49. The summed E-state index contributed by atoms with van der Waals surface area (Å²) in [5, 5.41) is 11.6. The Kier molecular flexibility index (Phi) is 5.09. The number of nitrogen functional groups attached to an aromatic ring is 1. The molecular weight excluding hydrogens is 354 g/mol. The molecule has 4 N–H and O–H groups in total. The van der Waals surface area contributed by atoms with E-state index in [-0.39, 0.29) is 12.1 Å². The van der Waals surface area contributed by atoms with E-state index in [4.69, 9.17) is 15.9 Å². The summed E-state index contributed by atoms with van der Waals surface area (Å²) in [6.07, 6.45) is 8.54. The largest absolute Gasteiger partial charge is 0.398 e. The van der Waals surface area contributed by atoms with E-state index in [0.29, 0.717) is 49.9 Å². The molecule has 1 saturated heterocycles. The molecule has 0 bridgehead atoms. The predicted molar refractivity (Wildman–Crippen MR) is 111 cm³/mol. The standard InChI is InChI=1S/C21H27N5O2/c1-14(15-5-3-2-4-6-15)26-13-16-11-17(18(22)12-19(16)24-21(26)27)20(23)25-7-9-28-10-8-25/h3,5-6,11-12,14,23H,2,4,7-10,13,22H2,1H3,(H,24,27). The predicted octanol–water partition coefficient (Wildman–Crippen LogP) is 2.94. The van der Waals surface area contributed by atoms with E-state index in [1.807, 2.05) is 15.9 Å². The number of rotatable bonds is 3. The summed E-state index contributed by atoms with van der Waals surface area (Å²) in [6.45, 7) is 5.18. The van der Waals surface area contributed by atoms with Crippen molar-refractivity contribution in [3.05, 3.63) is 47.1 Å². The van der Waals surface area contributed by atoms with Crippen molar-refractivity contribution in [1.29, 1.82) is 5.41 Å². The van der Waals surface area contributed by atoms with Gasteiger partial charge in [-0.2, -0.15) is 0 Å². The monoisotopic (exact) mass is 381 g/mol. The van der Waals surface area contributed by atoms with Crippen LogP contribution in [-0.2, 0) is 11.3 Å². The van der Waals surface area contributed by atoms with Crippen molar-refractivity contribution in [1.82, 2.24) is 9.80 Å². The lowest BCUT2D eigenvalue weighted by atomic mass is 9.98. The molecule has 28 heavy (non-hydrogen) atoms. The second kappa shape index (κ2) is 7.67. The van der Waals surface area contributed by atoms with E-state index < -0.39 is 0 Å². The van der Waals surface area contributed by atoms with Crippen LogP contribution in [0.25, 0.3) is 0 Å². The number of fused-ring (bicyclic) bond motifs is 1. The van der Waals surface area contributed by atoms with Crippen molar-refractivity contribution >= 4 is 23.2 Å². The number of nitrogens with two attached hydrogens (primary N) is 1. The van der Waals surface area contributed by atoms with Gasteiger partial charge in [-0.1, -0.05) is 18.2 Å². The maximum absolute atomic E-state index is 12.7. The normalized spacial score (nSPS) is 20.3. The number of morpholine rings is 1. The molecule has 2 amide bonds. The summed E-state index contributed by atoms with van der Waals surface area (Å²) in [7, 11) is 0. The first-order valence-electron chi connectivity index (χ1n) is 9.83. The van der Waals surface area contributed by atoms with Crippen LogP contribution in [-0.4, -0.2) is 54.0 Å². The molecule has 1 aromatic carbocycles. The van der Waals surface area contributed by atoms with Gasteiger partial charge < -0.3 is 25.6 Å². The zero-order valence-corrected chi connectivity index (χ0v) is 16.2. The Bertz CT molecular complexity index is 855. The van der Waals surface area contributed by atoms with Crippen LogP contribution in [0.5, 0.6) is 0 Å². The zero-order valence-electron chi connectivity index (χ0n) is 16.2. The number of amidine groups is 1. The molecule has 2 aliphatic heterocycles. The first kappa shape index (κ1) is 18.6. The summed E-state index contributed by atoms with van der Waals surface area (Å²) >= 11 is 0. The maximum Gasteiger partial charge on any atom is 0.322 e. The molecule has 4 rings (SSSR count). The van der Waals surface area contributed by atoms with Crippen molar-refractivity contribution in [3.63, 3.8) is 0 Å².